The summed E-state index contributed by atoms with van der Waals surface area (Å²) in [6.45, 7) is 6.02. The lowest BCUT2D eigenvalue weighted by atomic mass is 9.75. The molecule has 3 heterocycles. The van der Waals surface area contributed by atoms with Crippen LogP contribution in [0, 0.1) is 5.92 Å². The first-order chi connectivity index (χ1) is 17.6. The van der Waals surface area contributed by atoms with Gasteiger partial charge in [0.05, 0.1) is 18.0 Å². The number of carbonyl (C=O) groups excluding carboxylic acids is 2. The Hall–Kier alpha value is -2.66. The highest BCUT2D eigenvalue weighted by molar-refractivity contribution is 5.97. The number of nitrogens with zero attached hydrogens (tertiary/aromatic N) is 1. The lowest BCUT2D eigenvalue weighted by Gasteiger charge is -2.49. The number of hydrogen-bond acceptors (Lipinski definition) is 3. The standard InChI is InChI=1S/C31H41N3O2/c1-3-4-5-7-11-22-18-24-15-17-34-28(20-27-25(31(34)36)14-10-16-32-27)29(24)26(19-22)30(35)33-21(2)23-12-8-6-9-13-23/h6,8-9,12-13,18-19,21,25,27-28,32H,3-5,7,10-11,14-17,20H2,1-2H3,(H,33,35)/t21-,25-,27-,28+/m1/s1. The van der Waals surface area contributed by atoms with Crippen molar-refractivity contribution in [3.8, 4) is 0 Å². The Labute approximate surface area is 216 Å². The molecule has 3 aliphatic rings. The van der Waals surface area contributed by atoms with E-state index < -0.39 is 0 Å². The van der Waals surface area contributed by atoms with E-state index in [0.717, 1.165) is 68.3 Å². The summed E-state index contributed by atoms with van der Waals surface area (Å²) >= 11 is 0. The second-order valence-electron chi connectivity index (χ2n) is 11.0. The van der Waals surface area contributed by atoms with Crippen LogP contribution < -0.4 is 10.6 Å². The molecule has 2 saturated heterocycles. The third-order valence-electron chi connectivity index (χ3n) is 8.53. The van der Waals surface area contributed by atoms with E-state index in [2.05, 4.69) is 46.7 Å². The van der Waals surface area contributed by atoms with Gasteiger partial charge in [-0.05, 0) is 80.3 Å². The minimum atomic E-state index is -0.0837. The molecule has 0 spiro atoms. The van der Waals surface area contributed by atoms with Gasteiger partial charge in [0.25, 0.3) is 5.91 Å². The van der Waals surface area contributed by atoms with Crippen LogP contribution in [-0.4, -0.2) is 35.8 Å². The zero-order valence-corrected chi connectivity index (χ0v) is 21.9. The maximum absolute atomic E-state index is 13.8. The maximum Gasteiger partial charge on any atom is 0.252 e. The topological polar surface area (TPSA) is 61.4 Å². The first-order valence-corrected chi connectivity index (χ1v) is 14.1. The fraction of sp³-hybridized carbons (Fsp3) is 0.548. The number of rotatable bonds is 8. The van der Waals surface area contributed by atoms with Gasteiger partial charge in [-0.1, -0.05) is 62.6 Å². The molecular weight excluding hydrogens is 446 g/mol. The van der Waals surface area contributed by atoms with Crippen LogP contribution in [0.5, 0.6) is 0 Å². The smallest absolute Gasteiger partial charge is 0.252 e. The summed E-state index contributed by atoms with van der Waals surface area (Å²) in [5.74, 6) is 0.345. The predicted molar refractivity (Wildman–Crippen MR) is 144 cm³/mol. The van der Waals surface area contributed by atoms with Crippen LogP contribution in [0.25, 0.3) is 0 Å². The molecule has 5 heteroatoms. The molecule has 0 saturated carbocycles. The van der Waals surface area contributed by atoms with Crippen molar-refractivity contribution in [3.05, 3.63) is 70.3 Å². The molecule has 36 heavy (non-hydrogen) atoms. The quantitative estimate of drug-likeness (QED) is 0.484. The molecule has 2 aromatic carbocycles. The van der Waals surface area contributed by atoms with Crippen molar-refractivity contribution in [1.29, 1.82) is 0 Å². The number of amides is 2. The number of hydrogen-bond donors (Lipinski definition) is 2. The Bertz CT molecular complexity index is 1080. The van der Waals surface area contributed by atoms with E-state index in [-0.39, 0.29) is 35.9 Å². The third-order valence-corrected chi connectivity index (χ3v) is 8.53. The van der Waals surface area contributed by atoms with Crippen molar-refractivity contribution in [2.24, 2.45) is 5.92 Å². The molecule has 5 rings (SSSR count). The van der Waals surface area contributed by atoms with Crippen molar-refractivity contribution in [2.75, 3.05) is 13.1 Å². The third kappa shape index (κ3) is 5.08. The summed E-state index contributed by atoms with van der Waals surface area (Å²) in [4.78, 5) is 29.4. The molecule has 0 aliphatic carbocycles. The SMILES string of the molecule is CCCCCCc1cc2c(c(C(=O)N[C@H](C)c3ccccc3)c1)[C@@H]1C[C@H]3NCCC[C@H]3C(=O)N1CC2. The number of nitrogens with one attached hydrogen (secondary N) is 2. The monoisotopic (exact) mass is 487 g/mol. The fourth-order valence-corrected chi connectivity index (χ4v) is 6.58. The molecule has 0 bridgehead atoms. The van der Waals surface area contributed by atoms with Crippen LogP contribution >= 0.6 is 0 Å². The first kappa shape index (κ1) is 25.0. The van der Waals surface area contributed by atoms with E-state index in [4.69, 9.17) is 0 Å². The molecule has 2 N–H and O–H groups in total. The van der Waals surface area contributed by atoms with Crippen LogP contribution in [0.2, 0.25) is 0 Å². The van der Waals surface area contributed by atoms with Gasteiger partial charge in [0, 0.05) is 18.2 Å². The van der Waals surface area contributed by atoms with E-state index in [1.165, 1.54) is 30.4 Å². The number of unbranched alkanes of at least 4 members (excludes halogenated alkanes) is 3. The van der Waals surface area contributed by atoms with Gasteiger partial charge in [0.15, 0.2) is 0 Å². The van der Waals surface area contributed by atoms with Crippen LogP contribution in [0.15, 0.2) is 42.5 Å². The van der Waals surface area contributed by atoms with Crippen LogP contribution in [0.3, 0.4) is 0 Å². The van der Waals surface area contributed by atoms with Gasteiger partial charge < -0.3 is 15.5 Å². The van der Waals surface area contributed by atoms with Gasteiger partial charge in [-0.3, -0.25) is 9.59 Å². The average Bonchev–Trinajstić information content (AvgIpc) is 2.91. The minimum absolute atomic E-state index is 0.0185. The van der Waals surface area contributed by atoms with Gasteiger partial charge >= 0.3 is 0 Å². The maximum atomic E-state index is 13.8. The Morgan fingerprint density at radius 3 is 2.81 bits per heavy atom. The first-order valence-electron chi connectivity index (χ1n) is 14.1. The lowest BCUT2D eigenvalue weighted by molar-refractivity contribution is -0.145. The van der Waals surface area contributed by atoms with Gasteiger partial charge in [0.2, 0.25) is 5.91 Å². The van der Waals surface area contributed by atoms with E-state index in [1.54, 1.807) is 0 Å². The van der Waals surface area contributed by atoms with Crippen molar-refractivity contribution in [3.63, 3.8) is 0 Å². The minimum Gasteiger partial charge on any atom is -0.346 e. The second kappa shape index (κ2) is 11.2. The zero-order chi connectivity index (χ0) is 25.1. The number of aryl methyl sites for hydroxylation is 1. The van der Waals surface area contributed by atoms with E-state index in [9.17, 15) is 9.59 Å². The van der Waals surface area contributed by atoms with Gasteiger partial charge in [-0.2, -0.15) is 0 Å². The van der Waals surface area contributed by atoms with Crippen molar-refractivity contribution >= 4 is 11.8 Å². The molecule has 5 nitrogen and oxygen atoms in total. The van der Waals surface area contributed by atoms with Crippen LogP contribution in [0.4, 0.5) is 0 Å². The lowest BCUT2D eigenvalue weighted by Crippen LogP contribution is -2.58. The van der Waals surface area contributed by atoms with Gasteiger partial charge in [0.1, 0.15) is 0 Å². The highest BCUT2D eigenvalue weighted by Gasteiger charge is 2.46. The van der Waals surface area contributed by atoms with Crippen molar-refractivity contribution < 1.29 is 9.59 Å². The summed E-state index contributed by atoms with van der Waals surface area (Å²) in [5.41, 5.74) is 5.49. The molecule has 2 fully saturated rings. The Morgan fingerprint density at radius 2 is 2.00 bits per heavy atom. The summed E-state index contributed by atoms with van der Waals surface area (Å²) in [6.07, 6.45) is 9.61. The van der Waals surface area contributed by atoms with E-state index >= 15 is 0 Å². The second-order valence-corrected chi connectivity index (χ2v) is 11.0. The number of piperidine rings is 2. The largest absolute Gasteiger partial charge is 0.346 e. The molecule has 0 aromatic heterocycles. The summed E-state index contributed by atoms with van der Waals surface area (Å²) < 4.78 is 0. The van der Waals surface area contributed by atoms with Crippen LogP contribution in [-0.2, 0) is 17.6 Å². The Balaban J connectivity index is 1.47. The number of fused-ring (bicyclic) bond motifs is 4. The Morgan fingerprint density at radius 1 is 1.17 bits per heavy atom. The highest BCUT2D eigenvalue weighted by atomic mass is 16.2. The summed E-state index contributed by atoms with van der Waals surface area (Å²) in [7, 11) is 0. The molecule has 4 atom stereocenters. The van der Waals surface area contributed by atoms with Gasteiger partial charge in [-0.15, -0.1) is 0 Å². The summed E-state index contributed by atoms with van der Waals surface area (Å²) in [6, 6.07) is 14.7. The molecule has 192 valence electrons. The fourth-order valence-electron chi connectivity index (χ4n) is 6.58. The van der Waals surface area contributed by atoms with Crippen molar-refractivity contribution in [1.82, 2.24) is 15.5 Å². The highest BCUT2D eigenvalue weighted by Crippen LogP contribution is 2.43. The number of carbonyl (C=O) groups is 2. The van der Waals surface area contributed by atoms with Crippen LogP contribution in [0.1, 0.15) is 103 Å². The molecule has 2 amide bonds. The predicted octanol–water partition coefficient (Wildman–Crippen LogP) is 5.50. The molecular formula is C31H41N3O2. The van der Waals surface area contributed by atoms with Crippen molar-refractivity contribution in [2.45, 2.75) is 89.8 Å². The molecule has 2 aromatic rings. The average molecular weight is 488 g/mol. The molecule has 0 radical (unpaired) electrons. The van der Waals surface area contributed by atoms with E-state index in [1.807, 2.05) is 25.1 Å². The molecule has 3 aliphatic heterocycles. The van der Waals surface area contributed by atoms with E-state index in [0.29, 0.717) is 0 Å². The zero-order valence-electron chi connectivity index (χ0n) is 21.9. The molecule has 0 unspecified atom stereocenters. The Kier molecular flexibility index (Phi) is 7.76. The number of benzene rings is 2. The summed E-state index contributed by atoms with van der Waals surface area (Å²) in [5, 5.41) is 6.89. The normalized spacial score (nSPS) is 23.9. The van der Waals surface area contributed by atoms with Gasteiger partial charge in [-0.25, -0.2) is 0 Å².